The minimum atomic E-state index is -0.559. The first-order chi connectivity index (χ1) is 10.6. The van der Waals surface area contributed by atoms with Gasteiger partial charge in [-0.2, -0.15) is 5.10 Å². The Morgan fingerprint density at radius 2 is 2.05 bits per heavy atom. The molecule has 0 radical (unpaired) electrons. The highest BCUT2D eigenvalue weighted by Gasteiger charge is 2.29. The summed E-state index contributed by atoms with van der Waals surface area (Å²) in [6, 6.07) is 7.69. The predicted octanol–water partition coefficient (Wildman–Crippen LogP) is 1.30. The topological polar surface area (TPSA) is 90.5 Å². The lowest BCUT2D eigenvalue weighted by Crippen LogP contribution is -2.33. The highest BCUT2D eigenvalue weighted by molar-refractivity contribution is 6.43. The molecule has 22 heavy (non-hydrogen) atoms. The number of aryl methyl sites for hydroxylation is 1. The van der Waals surface area contributed by atoms with E-state index in [1.54, 1.807) is 11.9 Å². The zero-order valence-corrected chi connectivity index (χ0v) is 12.3. The molecule has 0 atom stereocenters. The van der Waals surface area contributed by atoms with Crippen LogP contribution >= 0.6 is 0 Å². The van der Waals surface area contributed by atoms with E-state index in [2.05, 4.69) is 15.3 Å². The van der Waals surface area contributed by atoms with Crippen LogP contribution in [0, 0.1) is 6.92 Å². The van der Waals surface area contributed by atoms with Crippen LogP contribution in [0.1, 0.15) is 23.7 Å². The first-order valence-electron chi connectivity index (χ1n) is 7.00. The standard InChI is InChI=1S/C15H16N4O3/c1-3-22-15(21)13-12-11(14(20)17-16-12)8-19(18-13)10-6-4-9(2)5-7-10/h4-7H,3,8H2,1-2H3,(H2,16,17,20). The molecule has 2 N–H and O–H groups in total. The Hall–Kier alpha value is -2.83. The fraction of sp³-hybridized carbons (Fsp3) is 0.267. The third-order valence-corrected chi connectivity index (χ3v) is 3.44. The molecule has 7 heteroatoms. The van der Waals surface area contributed by atoms with Crippen LogP contribution in [0.25, 0.3) is 0 Å². The van der Waals surface area contributed by atoms with Crippen molar-refractivity contribution in [1.82, 2.24) is 10.2 Å². The number of hydrogen-bond acceptors (Lipinski definition) is 5. The number of rotatable bonds is 3. The molecule has 0 aliphatic carbocycles. The van der Waals surface area contributed by atoms with E-state index in [9.17, 15) is 9.59 Å². The summed E-state index contributed by atoms with van der Waals surface area (Å²) in [6.07, 6.45) is 0. The van der Waals surface area contributed by atoms with Crippen LogP contribution in [0.3, 0.4) is 0 Å². The molecule has 7 nitrogen and oxygen atoms in total. The molecule has 0 saturated heterocycles. The van der Waals surface area contributed by atoms with Crippen LogP contribution in [0.5, 0.6) is 0 Å². The molecule has 1 aliphatic heterocycles. The van der Waals surface area contributed by atoms with Crippen LogP contribution in [0.15, 0.2) is 34.2 Å². The van der Waals surface area contributed by atoms with Crippen LogP contribution in [0.4, 0.5) is 5.69 Å². The molecule has 1 aromatic carbocycles. The number of carbonyl (C=O) groups is 1. The van der Waals surface area contributed by atoms with Crippen molar-refractivity contribution in [2.24, 2.45) is 5.10 Å². The SMILES string of the molecule is CCOC(=O)C1=NN(c2ccc(C)cc2)Cc2c1[nH][nH]c2=O. The van der Waals surface area contributed by atoms with Crippen molar-refractivity contribution >= 4 is 17.4 Å². The second kappa shape index (κ2) is 5.51. The Morgan fingerprint density at radius 3 is 2.73 bits per heavy atom. The molecule has 114 valence electrons. The maximum absolute atomic E-state index is 12.1. The average molecular weight is 300 g/mol. The van der Waals surface area contributed by atoms with Gasteiger partial charge >= 0.3 is 5.97 Å². The summed E-state index contributed by atoms with van der Waals surface area (Å²) >= 11 is 0. The summed E-state index contributed by atoms with van der Waals surface area (Å²) < 4.78 is 5.02. The van der Waals surface area contributed by atoms with E-state index < -0.39 is 5.97 Å². The third-order valence-electron chi connectivity index (χ3n) is 3.44. The van der Waals surface area contributed by atoms with Crippen LogP contribution in [-0.2, 0) is 16.1 Å². The molecular formula is C15H16N4O3. The van der Waals surface area contributed by atoms with Crippen LogP contribution in [-0.4, -0.2) is 28.5 Å². The number of ether oxygens (including phenoxy) is 1. The van der Waals surface area contributed by atoms with Gasteiger partial charge in [-0.15, -0.1) is 0 Å². The van der Waals surface area contributed by atoms with Crippen molar-refractivity contribution in [1.29, 1.82) is 0 Å². The summed E-state index contributed by atoms with van der Waals surface area (Å²) in [5.74, 6) is -0.559. The number of fused-ring (bicyclic) bond motifs is 1. The maximum Gasteiger partial charge on any atom is 0.361 e. The summed E-state index contributed by atoms with van der Waals surface area (Å²) in [6.45, 7) is 4.24. The summed E-state index contributed by atoms with van der Waals surface area (Å²) in [7, 11) is 0. The fourth-order valence-corrected chi connectivity index (χ4v) is 2.30. The number of H-pyrrole nitrogens is 2. The lowest BCUT2D eigenvalue weighted by atomic mass is 10.1. The van der Waals surface area contributed by atoms with Crippen LogP contribution < -0.4 is 10.6 Å². The molecule has 0 fully saturated rings. The van der Waals surface area contributed by atoms with Gasteiger partial charge in [0.15, 0.2) is 5.71 Å². The van der Waals surface area contributed by atoms with Crippen molar-refractivity contribution < 1.29 is 9.53 Å². The number of anilines is 1. The Balaban J connectivity index is 2.05. The van der Waals surface area contributed by atoms with E-state index in [0.29, 0.717) is 17.8 Å². The van der Waals surface area contributed by atoms with Gasteiger partial charge in [-0.25, -0.2) is 4.79 Å². The van der Waals surface area contributed by atoms with Gasteiger partial charge in [0.2, 0.25) is 0 Å². The van der Waals surface area contributed by atoms with Crippen LogP contribution in [0.2, 0.25) is 0 Å². The number of hydrogen-bond donors (Lipinski definition) is 2. The summed E-state index contributed by atoms with van der Waals surface area (Å²) in [4.78, 5) is 24.0. The molecule has 2 aromatic rings. The first kappa shape index (κ1) is 14.1. The third kappa shape index (κ3) is 2.41. The van der Waals surface area contributed by atoms with E-state index >= 15 is 0 Å². The number of nitrogens with one attached hydrogen (secondary N) is 2. The molecule has 0 spiro atoms. The highest BCUT2D eigenvalue weighted by atomic mass is 16.5. The molecule has 3 rings (SSSR count). The Kier molecular flexibility index (Phi) is 3.54. The molecule has 0 saturated carbocycles. The van der Waals surface area contributed by atoms with E-state index in [1.807, 2.05) is 31.2 Å². The first-order valence-corrected chi connectivity index (χ1v) is 7.00. The molecule has 0 unspecified atom stereocenters. The lowest BCUT2D eigenvalue weighted by Gasteiger charge is -2.24. The van der Waals surface area contributed by atoms with Crippen molar-refractivity contribution in [3.63, 3.8) is 0 Å². The van der Waals surface area contributed by atoms with E-state index in [0.717, 1.165) is 11.3 Å². The van der Waals surface area contributed by atoms with Crippen molar-refractivity contribution in [3.05, 3.63) is 51.4 Å². The number of nitrogens with zero attached hydrogens (tertiary/aromatic N) is 2. The van der Waals surface area contributed by atoms with E-state index in [1.165, 1.54) is 0 Å². The number of carbonyl (C=O) groups excluding carboxylic acids is 1. The normalized spacial score (nSPS) is 13.5. The Labute approximate surface area is 126 Å². The molecule has 0 bridgehead atoms. The second-order valence-electron chi connectivity index (χ2n) is 4.99. The summed E-state index contributed by atoms with van der Waals surface area (Å²) in [5, 5.41) is 11.2. The zero-order chi connectivity index (χ0) is 15.7. The van der Waals surface area contributed by atoms with Gasteiger partial charge < -0.3 is 4.74 Å². The van der Waals surface area contributed by atoms with Crippen molar-refractivity contribution in [2.75, 3.05) is 11.6 Å². The smallest absolute Gasteiger partial charge is 0.361 e. The van der Waals surface area contributed by atoms with E-state index in [4.69, 9.17) is 4.74 Å². The highest BCUT2D eigenvalue weighted by Crippen LogP contribution is 2.23. The largest absolute Gasteiger partial charge is 0.461 e. The number of hydrazone groups is 1. The average Bonchev–Trinajstić information content (AvgIpc) is 2.89. The van der Waals surface area contributed by atoms with Crippen molar-refractivity contribution in [2.45, 2.75) is 20.4 Å². The van der Waals surface area contributed by atoms with Gasteiger partial charge in [0, 0.05) is 0 Å². The molecule has 1 aliphatic rings. The monoisotopic (exact) mass is 300 g/mol. The molecule has 1 aromatic heterocycles. The molecule has 0 amide bonds. The fourth-order valence-electron chi connectivity index (χ4n) is 2.30. The van der Waals surface area contributed by atoms with Gasteiger partial charge in [0.05, 0.1) is 30.1 Å². The van der Waals surface area contributed by atoms with Gasteiger partial charge in [-0.3, -0.25) is 20.0 Å². The molecular weight excluding hydrogens is 284 g/mol. The maximum atomic E-state index is 12.1. The van der Waals surface area contributed by atoms with Crippen molar-refractivity contribution in [3.8, 4) is 0 Å². The van der Waals surface area contributed by atoms with E-state index in [-0.39, 0.29) is 17.9 Å². The van der Waals surface area contributed by atoms with Gasteiger partial charge in [-0.05, 0) is 26.0 Å². The van der Waals surface area contributed by atoms with Gasteiger partial charge in [-0.1, -0.05) is 17.7 Å². The lowest BCUT2D eigenvalue weighted by molar-refractivity contribution is -0.135. The Bertz CT molecular complexity index is 786. The quantitative estimate of drug-likeness (QED) is 0.836. The molecule has 2 heterocycles. The zero-order valence-electron chi connectivity index (χ0n) is 12.3. The van der Waals surface area contributed by atoms with Gasteiger partial charge in [0.1, 0.15) is 0 Å². The minimum absolute atomic E-state index is 0.0991. The number of benzene rings is 1. The second-order valence-corrected chi connectivity index (χ2v) is 4.99. The number of esters is 1. The summed E-state index contributed by atoms with van der Waals surface area (Å²) in [5.41, 5.74) is 2.63. The minimum Gasteiger partial charge on any atom is -0.461 e. The van der Waals surface area contributed by atoms with Gasteiger partial charge in [0.25, 0.3) is 5.56 Å². The predicted molar refractivity (Wildman–Crippen MR) is 81.9 cm³/mol. The number of aromatic amines is 2. The number of aromatic nitrogens is 2. The Morgan fingerprint density at radius 1 is 1.32 bits per heavy atom.